The number of alkyl halides is 1. The van der Waals surface area contributed by atoms with Crippen LogP contribution in [-0.4, -0.2) is 30.7 Å². The van der Waals surface area contributed by atoms with Gasteiger partial charge in [0.15, 0.2) is 0 Å². The quantitative estimate of drug-likeness (QED) is 0.523. The van der Waals surface area contributed by atoms with Gasteiger partial charge in [-0.15, -0.1) is 0 Å². The van der Waals surface area contributed by atoms with E-state index in [1.165, 1.54) is 0 Å². The molecule has 0 aromatic rings. The van der Waals surface area contributed by atoms with Gasteiger partial charge in [0, 0.05) is 12.5 Å². The van der Waals surface area contributed by atoms with Crippen molar-refractivity contribution < 1.29 is 4.39 Å². The molecule has 0 aromatic heterocycles. The van der Waals surface area contributed by atoms with E-state index in [1.807, 2.05) is 6.92 Å². The van der Waals surface area contributed by atoms with Gasteiger partial charge in [0.25, 0.3) is 0 Å². The van der Waals surface area contributed by atoms with Gasteiger partial charge < -0.3 is 4.90 Å². The van der Waals surface area contributed by atoms with Gasteiger partial charge in [-0.2, -0.15) is 0 Å². The van der Waals surface area contributed by atoms with E-state index >= 15 is 0 Å². The maximum absolute atomic E-state index is 13.7. The summed E-state index contributed by atoms with van der Waals surface area (Å²) in [7, 11) is 2.07. The molecular weight excluding hydrogens is 141 g/mol. The average molecular weight is 159 g/mol. The summed E-state index contributed by atoms with van der Waals surface area (Å²) in [6.07, 6.45) is 1.71. The Balaban J connectivity index is 2.58. The van der Waals surface area contributed by atoms with E-state index in [0.717, 1.165) is 25.9 Å². The second kappa shape index (κ2) is 3.10. The first kappa shape index (κ1) is 8.98. The van der Waals surface area contributed by atoms with Crippen LogP contribution in [0.4, 0.5) is 4.39 Å². The molecule has 0 spiro atoms. The van der Waals surface area contributed by atoms with E-state index in [-0.39, 0.29) is 5.92 Å². The Labute approximate surface area is 68.6 Å². The van der Waals surface area contributed by atoms with Crippen LogP contribution in [0.1, 0.15) is 26.7 Å². The summed E-state index contributed by atoms with van der Waals surface area (Å²) in [5.41, 5.74) is -0.940. The Bertz CT molecular complexity index is 134. The van der Waals surface area contributed by atoms with Gasteiger partial charge in [0.1, 0.15) is 5.67 Å². The van der Waals surface area contributed by atoms with Crippen LogP contribution in [0, 0.1) is 5.92 Å². The van der Waals surface area contributed by atoms with Crippen molar-refractivity contribution in [2.45, 2.75) is 32.4 Å². The summed E-state index contributed by atoms with van der Waals surface area (Å²) >= 11 is 0. The molecule has 1 heterocycles. The van der Waals surface area contributed by atoms with Crippen molar-refractivity contribution in [2.24, 2.45) is 5.92 Å². The molecule has 0 bridgehead atoms. The van der Waals surface area contributed by atoms with E-state index < -0.39 is 5.67 Å². The minimum absolute atomic E-state index is 0.176. The van der Waals surface area contributed by atoms with Crippen molar-refractivity contribution in [3.8, 4) is 0 Å². The first-order chi connectivity index (χ1) is 5.02. The number of nitrogens with zero attached hydrogens (tertiary/aromatic N) is 1. The smallest absolute Gasteiger partial charge is 0.112 e. The standard InChI is InChI=1S/C9H18FN/c1-8-7-11(3)6-4-5-9(8,2)10/h8H,4-7H2,1-3H3. The van der Waals surface area contributed by atoms with E-state index in [2.05, 4.69) is 11.9 Å². The third-order valence-electron chi connectivity index (χ3n) is 2.82. The average Bonchev–Trinajstić information content (AvgIpc) is 1.94. The molecule has 1 fully saturated rings. The minimum atomic E-state index is -0.940. The summed E-state index contributed by atoms with van der Waals surface area (Å²) in [5.74, 6) is 0.176. The molecule has 2 atom stereocenters. The molecule has 2 heteroatoms. The highest BCUT2D eigenvalue weighted by molar-refractivity contribution is 4.84. The van der Waals surface area contributed by atoms with Gasteiger partial charge in [0.05, 0.1) is 0 Å². The Morgan fingerprint density at radius 1 is 1.55 bits per heavy atom. The first-order valence-corrected chi connectivity index (χ1v) is 4.40. The lowest BCUT2D eigenvalue weighted by atomic mass is 9.89. The monoisotopic (exact) mass is 159 g/mol. The predicted octanol–water partition coefficient (Wildman–Crippen LogP) is 2.08. The number of halogens is 1. The molecule has 0 aliphatic carbocycles. The molecule has 1 nitrogen and oxygen atoms in total. The van der Waals surface area contributed by atoms with Crippen LogP contribution in [0.25, 0.3) is 0 Å². The molecule has 1 saturated heterocycles. The van der Waals surface area contributed by atoms with Crippen LogP contribution in [0.5, 0.6) is 0 Å². The number of hydrogen-bond acceptors (Lipinski definition) is 1. The van der Waals surface area contributed by atoms with E-state index in [9.17, 15) is 4.39 Å². The number of hydrogen-bond donors (Lipinski definition) is 0. The summed E-state index contributed by atoms with van der Waals surface area (Å²) in [6.45, 7) is 5.68. The Kier molecular flexibility index (Phi) is 2.53. The van der Waals surface area contributed by atoms with Crippen LogP contribution in [-0.2, 0) is 0 Å². The molecule has 2 unspecified atom stereocenters. The van der Waals surface area contributed by atoms with Crippen molar-refractivity contribution >= 4 is 0 Å². The number of likely N-dealkylation sites (tertiary alicyclic amines) is 1. The molecular formula is C9H18FN. The molecule has 0 amide bonds. The van der Waals surface area contributed by atoms with Gasteiger partial charge in [0.2, 0.25) is 0 Å². The van der Waals surface area contributed by atoms with Crippen LogP contribution in [0.3, 0.4) is 0 Å². The zero-order valence-corrected chi connectivity index (χ0v) is 7.73. The Hall–Kier alpha value is -0.110. The van der Waals surface area contributed by atoms with Crippen LogP contribution in [0.15, 0.2) is 0 Å². The fourth-order valence-electron chi connectivity index (χ4n) is 1.69. The molecule has 0 aromatic carbocycles. The van der Waals surface area contributed by atoms with Crippen molar-refractivity contribution in [1.29, 1.82) is 0 Å². The fourth-order valence-corrected chi connectivity index (χ4v) is 1.69. The second-order valence-corrected chi connectivity index (χ2v) is 4.04. The molecule has 0 radical (unpaired) electrons. The highest BCUT2D eigenvalue weighted by Crippen LogP contribution is 2.30. The van der Waals surface area contributed by atoms with Crippen LogP contribution >= 0.6 is 0 Å². The third-order valence-corrected chi connectivity index (χ3v) is 2.82. The molecule has 1 rings (SSSR count). The maximum Gasteiger partial charge on any atom is 0.112 e. The summed E-state index contributed by atoms with van der Waals surface area (Å²) in [5, 5.41) is 0. The molecule has 11 heavy (non-hydrogen) atoms. The molecule has 0 N–H and O–H groups in total. The highest BCUT2D eigenvalue weighted by atomic mass is 19.1. The predicted molar refractivity (Wildman–Crippen MR) is 45.4 cm³/mol. The lowest BCUT2D eigenvalue weighted by Gasteiger charge is -2.26. The van der Waals surface area contributed by atoms with Gasteiger partial charge >= 0.3 is 0 Å². The van der Waals surface area contributed by atoms with E-state index in [4.69, 9.17) is 0 Å². The Morgan fingerprint density at radius 3 is 2.82 bits per heavy atom. The zero-order valence-electron chi connectivity index (χ0n) is 7.73. The summed E-state index contributed by atoms with van der Waals surface area (Å²) in [4.78, 5) is 2.22. The zero-order chi connectivity index (χ0) is 8.48. The van der Waals surface area contributed by atoms with Gasteiger partial charge in [-0.25, -0.2) is 4.39 Å². The molecule has 0 saturated carbocycles. The highest BCUT2D eigenvalue weighted by Gasteiger charge is 2.33. The topological polar surface area (TPSA) is 3.24 Å². The van der Waals surface area contributed by atoms with Gasteiger partial charge in [-0.3, -0.25) is 0 Å². The molecule has 1 aliphatic rings. The molecule has 66 valence electrons. The van der Waals surface area contributed by atoms with E-state index in [1.54, 1.807) is 6.92 Å². The summed E-state index contributed by atoms with van der Waals surface area (Å²) in [6, 6.07) is 0. The van der Waals surface area contributed by atoms with Gasteiger partial charge in [-0.1, -0.05) is 6.92 Å². The van der Waals surface area contributed by atoms with Crippen LogP contribution < -0.4 is 0 Å². The minimum Gasteiger partial charge on any atom is -0.306 e. The molecule has 1 aliphatic heterocycles. The third kappa shape index (κ3) is 2.16. The summed E-state index contributed by atoms with van der Waals surface area (Å²) < 4.78 is 13.7. The Morgan fingerprint density at radius 2 is 2.18 bits per heavy atom. The number of rotatable bonds is 0. The van der Waals surface area contributed by atoms with Crippen LogP contribution in [0.2, 0.25) is 0 Å². The SMILES string of the molecule is CC1CN(C)CCCC1(C)F. The van der Waals surface area contributed by atoms with Crippen molar-refractivity contribution in [2.75, 3.05) is 20.1 Å². The maximum atomic E-state index is 13.7. The lowest BCUT2D eigenvalue weighted by molar-refractivity contribution is 0.101. The lowest BCUT2D eigenvalue weighted by Crippen LogP contribution is -2.32. The van der Waals surface area contributed by atoms with Crippen molar-refractivity contribution in [3.05, 3.63) is 0 Å². The van der Waals surface area contributed by atoms with Crippen molar-refractivity contribution in [1.82, 2.24) is 4.90 Å². The normalized spacial score (nSPS) is 42.0. The largest absolute Gasteiger partial charge is 0.306 e. The van der Waals surface area contributed by atoms with E-state index in [0.29, 0.717) is 0 Å². The fraction of sp³-hybridized carbons (Fsp3) is 1.00. The van der Waals surface area contributed by atoms with Gasteiger partial charge in [-0.05, 0) is 33.4 Å². The van der Waals surface area contributed by atoms with Crippen molar-refractivity contribution in [3.63, 3.8) is 0 Å². The first-order valence-electron chi connectivity index (χ1n) is 4.40. The second-order valence-electron chi connectivity index (χ2n) is 4.04.